The van der Waals surface area contributed by atoms with E-state index in [1.165, 1.54) is 13.2 Å². The van der Waals surface area contributed by atoms with Crippen LogP contribution in [-0.4, -0.2) is 35.2 Å². The molecule has 5 nitrogen and oxygen atoms in total. The average molecular weight is 404 g/mol. The molecule has 1 fully saturated rings. The molecule has 7 heteroatoms. The number of methoxy groups -OCH3 is 1. The standard InChI is InChI=1S/C23H18F2N4O/c1-30-20-11-15(17-12-16(24)5-6-19(17)25)10-18-21(20)27-22(14-4-2-7-26-13-14)28-23(18)29-8-3-9-29/h2,4-7,10-13H,3,8-9H2,1H3. The number of hydrogen-bond acceptors (Lipinski definition) is 5. The van der Waals surface area contributed by atoms with Crippen LogP contribution in [0.15, 0.2) is 54.9 Å². The third-order valence-corrected chi connectivity index (χ3v) is 5.28. The predicted octanol–water partition coefficient (Wildman–Crippen LogP) is 4.86. The summed E-state index contributed by atoms with van der Waals surface area (Å²) in [5.74, 6) is 0.760. The molecule has 5 rings (SSSR count). The molecule has 0 atom stereocenters. The number of rotatable bonds is 4. The fourth-order valence-corrected chi connectivity index (χ4v) is 3.61. The highest BCUT2D eigenvalue weighted by molar-refractivity contribution is 5.98. The van der Waals surface area contributed by atoms with Crippen LogP contribution < -0.4 is 9.64 Å². The summed E-state index contributed by atoms with van der Waals surface area (Å²) in [6.07, 6.45) is 4.48. The van der Waals surface area contributed by atoms with E-state index >= 15 is 0 Å². The maximum Gasteiger partial charge on any atom is 0.163 e. The van der Waals surface area contributed by atoms with Gasteiger partial charge < -0.3 is 9.64 Å². The summed E-state index contributed by atoms with van der Waals surface area (Å²) in [4.78, 5) is 15.8. The molecule has 0 radical (unpaired) electrons. The average Bonchev–Trinajstić information content (AvgIpc) is 2.74. The largest absolute Gasteiger partial charge is 0.494 e. The van der Waals surface area contributed by atoms with Gasteiger partial charge in [-0.3, -0.25) is 4.98 Å². The lowest BCUT2D eigenvalue weighted by Gasteiger charge is -2.33. The molecule has 2 aromatic heterocycles. The van der Waals surface area contributed by atoms with Crippen LogP contribution in [0.5, 0.6) is 5.75 Å². The summed E-state index contributed by atoms with van der Waals surface area (Å²) in [6.45, 7) is 1.75. The fourth-order valence-electron chi connectivity index (χ4n) is 3.61. The molecule has 0 aliphatic carbocycles. The van der Waals surface area contributed by atoms with Gasteiger partial charge in [0.2, 0.25) is 0 Å². The van der Waals surface area contributed by atoms with E-state index in [1.54, 1.807) is 24.5 Å². The van der Waals surface area contributed by atoms with Gasteiger partial charge in [-0.1, -0.05) is 0 Å². The zero-order valence-electron chi connectivity index (χ0n) is 16.3. The van der Waals surface area contributed by atoms with Crippen LogP contribution in [-0.2, 0) is 0 Å². The van der Waals surface area contributed by atoms with Gasteiger partial charge in [-0.25, -0.2) is 18.7 Å². The fraction of sp³-hybridized carbons (Fsp3) is 0.174. The van der Waals surface area contributed by atoms with E-state index in [9.17, 15) is 8.78 Å². The van der Waals surface area contributed by atoms with E-state index in [-0.39, 0.29) is 5.56 Å². The van der Waals surface area contributed by atoms with Crippen molar-refractivity contribution in [3.8, 4) is 28.3 Å². The lowest BCUT2D eigenvalue weighted by molar-refractivity contribution is 0.419. The summed E-state index contributed by atoms with van der Waals surface area (Å²) in [6, 6.07) is 10.6. The van der Waals surface area contributed by atoms with Gasteiger partial charge in [0.1, 0.15) is 28.7 Å². The maximum absolute atomic E-state index is 14.5. The molecular formula is C23H18F2N4O. The third kappa shape index (κ3) is 3.12. The quantitative estimate of drug-likeness (QED) is 0.486. The van der Waals surface area contributed by atoms with Crippen LogP contribution in [0.25, 0.3) is 33.4 Å². The summed E-state index contributed by atoms with van der Waals surface area (Å²) >= 11 is 0. The second-order valence-corrected chi connectivity index (χ2v) is 7.15. The number of ether oxygens (including phenoxy) is 1. The van der Waals surface area contributed by atoms with Crippen molar-refractivity contribution in [2.45, 2.75) is 6.42 Å². The zero-order chi connectivity index (χ0) is 20.7. The van der Waals surface area contributed by atoms with E-state index < -0.39 is 11.6 Å². The van der Waals surface area contributed by atoms with E-state index in [4.69, 9.17) is 14.7 Å². The highest BCUT2D eigenvalue weighted by atomic mass is 19.1. The zero-order valence-corrected chi connectivity index (χ0v) is 16.3. The Morgan fingerprint density at radius 2 is 1.87 bits per heavy atom. The Labute approximate surface area is 172 Å². The second kappa shape index (κ2) is 7.33. The Morgan fingerprint density at radius 1 is 1.00 bits per heavy atom. The van der Waals surface area contributed by atoms with Gasteiger partial charge in [0.15, 0.2) is 5.82 Å². The highest BCUT2D eigenvalue weighted by Crippen LogP contribution is 2.38. The lowest BCUT2D eigenvalue weighted by Crippen LogP contribution is -2.37. The SMILES string of the molecule is COc1cc(-c2cc(F)ccc2F)cc2c(N3CCC3)nc(-c3cccnc3)nc12. The number of fused-ring (bicyclic) bond motifs is 1. The number of aromatic nitrogens is 3. The molecule has 0 saturated carbocycles. The first-order valence-corrected chi connectivity index (χ1v) is 9.64. The van der Waals surface area contributed by atoms with Gasteiger partial charge in [-0.15, -0.1) is 0 Å². The van der Waals surface area contributed by atoms with Crippen molar-refractivity contribution in [1.29, 1.82) is 0 Å². The van der Waals surface area contributed by atoms with Crippen LogP contribution in [0.2, 0.25) is 0 Å². The van der Waals surface area contributed by atoms with Crippen LogP contribution in [0, 0.1) is 11.6 Å². The monoisotopic (exact) mass is 404 g/mol. The maximum atomic E-state index is 14.5. The predicted molar refractivity (Wildman–Crippen MR) is 112 cm³/mol. The molecule has 3 heterocycles. The van der Waals surface area contributed by atoms with Gasteiger partial charge in [-0.2, -0.15) is 0 Å². The Kier molecular flexibility index (Phi) is 4.50. The number of benzene rings is 2. The van der Waals surface area contributed by atoms with E-state index in [0.29, 0.717) is 22.7 Å². The molecule has 1 saturated heterocycles. The first kappa shape index (κ1) is 18.4. The highest BCUT2D eigenvalue weighted by Gasteiger charge is 2.23. The van der Waals surface area contributed by atoms with Gasteiger partial charge in [0, 0.05) is 42.0 Å². The van der Waals surface area contributed by atoms with E-state index in [2.05, 4.69) is 9.88 Å². The summed E-state index contributed by atoms with van der Waals surface area (Å²) in [5.41, 5.74) is 2.09. The van der Waals surface area contributed by atoms with Crippen molar-refractivity contribution in [3.63, 3.8) is 0 Å². The summed E-state index contributed by atoms with van der Waals surface area (Å²) in [5, 5.41) is 0.736. The minimum atomic E-state index is -0.504. The summed E-state index contributed by atoms with van der Waals surface area (Å²) in [7, 11) is 1.54. The van der Waals surface area contributed by atoms with Crippen LogP contribution in [0.3, 0.4) is 0 Å². The van der Waals surface area contributed by atoms with Gasteiger partial charge in [0.05, 0.1) is 7.11 Å². The van der Waals surface area contributed by atoms with Gasteiger partial charge in [0.25, 0.3) is 0 Å². The Bertz CT molecular complexity index is 1240. The molecule has 0 bridgehead atoms. The topological polar surface area (TPSA) is 51.1 Å². The molecule has 0 spiro atoms. The molecular weight excluding hydrogens is 386 g/mol. The Hall–Kier alpha value is -3.61. The van der Waals surface area contributed by atoms with Crippen molar-refractivity contribution < 1.29 is 13.5 Å². The Balaban J connectivity index is 1.79. The molecule has 2 aromatic carbocycles. The minimum Gasteiger partial charge on any atom is -0.494 e. The van der Waals surface area contributed by atoms with Crippen LogP contribution >= 0.6 is 0 Å². The van der Waals surface area contributed by atoms with Crippen molar-refractivity contribution in [1.82, 2.24) is 15.0 Å². The second-order valence-electron chi connectivity index (χ2n) is 7.15. The molecule has 150 valence electrons. The first-order valence-electron chi connectivity index (χ1n) is 9.64. The number of hydrogen-bond donors (Lipinski definition) is 0. The lowest BCUT2D eigenvalue weighted by atomic mass is 10.0. The van der Waals surface area contributed by atoms with Crippen LogP contribution in [0.4, 0.5) is 14.6 Å². The molecule has 0 unspecified atom stereocenters. The number of pyridine rings is 1. The molecule has 0 N–H and O–H groups in total. The van der Waals surface area contributed by atoms with E-state index in [0.717, 1.165) is 48.4 Å². The van der Waals surface area contributed by atoms with E-state index in [1.807, 2.05) is 12.1 Å². The van der Waals surface area contributed by atoms with Crippen molar-refractivity contribution in [2.75, 3.05) is 25.1 Å². The molecule has 4 aromatic rings. The number of anilines is 1. The molecule has 1 aliphatic rings. The summed E-state index contributed by atoms with van der Waals surface area (Å²) < 4.78 is 33.9. The molecule has 1 aliphatic heterocycles. The minimum absolute atomic E-state index is 0.168. The first-order chi connectivity index (χ1) is 14.6. The number of halogens is 2. The van der Waals surface area contributed by atoms with Gasteiger partial charge >= 0.3 is 0 Å². The van der Waals surface area contributed by atoms with Crippen molar-refractivity contribution in [3.05, 3.63) is 66.5 Å². The normalized spacial score (nSPS) is 13.4. The van der Waals surface area contributed by atoms with Crippen molar-refractivity contribution in [2.24, 2.45) is 0 Å². The third-order valence-electron chi connectivity index (χ3n) is 5.28. The number of nitrogens with zero attached hydrogens (tertiary/aromatic N) is 4. The molecule has 0 amide bonds. The Morgan fingerprint density at radius 3 is 2.57 bits per heavy atom. The molecule has 30 heavy (non-hydrogen) atoms. The van der Waals surface area contributed by atoms with Crippen molar-refractivity contribution >= 4 is 16.7 Å². The van der Waals surface area contributed by atoms with Crippen LogP contribution in [0.1, 0.15) is 6.42 Å². The van der Waals surface area contributed by atoms with Gasteiger partial charge in [-0.05, 0) is 54.4 Å². The smallest absolute Gasteiger partial charge is 0.163 e.